The van der Waals surface area contributed by atoms with Crippen molar-refractivity contribution in [2.24, 2.45) is 0 Å². The fourth-order valence-corrected chi connectivity index (χ4v) is 2.84. The van der Waals surface area contributed by atoms with Crippen LogP contribution in [0.5, 0.6) is 5.75 Å². The first-order valence-corrected chi connectivity index (χ1v) is 8.24. The van der Waals surface area contributed by atoms with Crippen LogP contribution in [0.3, 0.4) is 0 Å². The molecule has 0 unspecified atom stereocenters. The maximum Gasteiger partial charge on any atom is 0.255 e. The van der Waals surface area contributed by atoms with Crippen LogP contribution in [0.2, 0.25) is 0 Å². The van der Waals surface area contributed by atoms with E-state index in [4.69, 9.17) is 4.74 Å². The Kier molecular flexibility index (Phi) is 5.02. The van der Waals surface area contributed by atoms with Crippen LogP contribution >= 0.6 is 0 Å². The van der Waals surface area contributed by atoms with Gasteiger partial charge in [-0.2, -0.15) is 0 Å². The van der Waals surface area contributed by atoms with Crippen molar-refractivity contribution in [2.45, 2.75) is 6.92 Å². The molecular formula is C18H20FN3O3. The Balaban J connectivity index is 1.62. The van der Waals surface area contributed by atoms with Crippen LogP contribution in [0.4, 0.5) is 4.39 Å². The van der Waals surface area contributed by atoms with Gasteiger partial charge in [0, 0.05) is 44.1 Å². The molecule has 2 aromatic rings. The third kappa shape index (κ3) is 3.65. The second kappa shape index (κ2) is 7.38. The lowest BCUT2D eigenvalue weighted by molar-refractivity contribution is 0.0535. The number of carbonyl (C=O) groups excluding carboxylic acids is 2. The van der Waals surface area contributed by atoms with Crippen molar-refractivity contribution in [1.29, 1.82) is 0 Å². The van der Waals surface area contributed by atoms with Crippen molar-refractivity contribution in [2.75, 3.05) is 32.8 Å². The summed E-state index contributed by atoms with van der Waals surface area (Å²) in [6.45, 7) is 3.88. The van der Waals surface area contributed by atoms with Gasteiger partial charge in [0.1, 0.15) is 0 Å². The second-order valence-electron chi connectivity index (χ2n) is 5.76. The average Bonchev–Trinajstić information content (AvgIpc) is 3.17. The van der Waals surface area contributed by atoms with Gasteiger partial charge in [0.05, 0.1) is 12.2 Å². The van der Waals surface area contributed by atoms with E-state index in [1.807, 2.05) is 0 Å². The Morgan fingerprint density at radius 1 is 1.08 bits per heavy atom. The molecule has 132 valence electrons. The average molecular weight is 345 g/mol. The van der Waals surface area contributed by atoms with Crippen LogP contribution < -0.4 is 4.74 Å². The summed E-state index contributed by atoms with van der Waals surface area (Å²) < 4.78 is 19.1. The zero-order valence-corrected chi connectivity index (χ0v) is 14.0. The number of halogens is 1. The monoisotopic (exact) mass is 345 g/mol. The Morgan fingerprint density at radius 2 is 1.72 bits per heavy atom. The second-order valence-corrected chi connectivity index (χ2v) is 5.76. The van der Waals surface area contributed by atoms with Crippen LogP contribution in [0, 0.1) is 5.82 Å². The smallest absolute Gasteiger partial charge is 0.255 e. The largest absolute Gasteiger partial charge is 0.491 e. The molecule has 2 heterocycles. The maximum absolute atomic E-state index is 13.9. The quantitative estimate of drug-likeness (QED) is 0.923. The van der Waals surface area contributed by atoms with Crippen molar-refractivity contribution >= 4 is 11.8 Å². The van der Waals surface area contributed by atoms with Gasteiger partial charge < -0.3 is 19.5 Å². The van der Waals surface area contributed by atoms with Gasteiger partial charge in [0.25, 0.3) is 11.8 Å². The predicted molar refractivity (Wildman–Crippen MR) is 90.2 cm³/mol. The lowest BCUT2D eigenvalue weighted by atomic mass is 10.1. The van der Waals surface area contributed by atoms with Crippen LogP contribution in [0.25, 0.3) is 0 Å². The Bertz CT molecular complexity index is 753. The summed E-state index contributed by atoms with van der Waals surface area (Å²) in [6, 6.07) is 5.96. The van der Waals surface area contributed by atoms with Crippen LogP contribution in [-0.2, 0) is 0 Å². The SMILES string of the molecule is CCOc1ccc(C(=O)N2CCN(C(=O)c3cc[nH]c3)CC2)cc1F. The predicted octanol–water partition coefficient (Wildman–Crippen LogP) is 2.15. The minimum atomic E-state index is -0.547. The Morgan fingerprint density at radius 3 is 2.24 bits per heavy atom. The number of benzene rings is 1. The summed E-state index contributed by atoms with van der Waals surface area (Å²) in [5, 5.41) is 0. The Hall–Kier alpha value is -2.83. The van der Waals surface area contributed by atoms with Gasteiger partial charge in [0.15, 0.2) is 11.6 Å². The van der Waals surface area contributed by atoms with E-state index in [1.54, 1.807) is 41.2 Å². The normalized spacial score (nSPS) is 14.5. The molecule has 1 saturated heterocycles. The molecular weight excluding hydrogens is 325 g/mol. The summed E-state index contributed by atoms with van der Waals surface area (Å²) in [7, 11) is 0. The lowest BCUT2D eigenvalue weighted by Gasteiger charge is -2.34. The van der Waals surface area contributed by atoms with E-state index in [9.17, 15) is 14.0 Å². The molecule has 0 saturated carbocycles. The first-order chi connectivity index (χ1) is 12.1. The number of amides is 2. The van der Waals surface area contributed by atoms with Gasteiger partial charge in [-0.05, 0) is 31.2 Å². The molecule has 1 aromatic heterocycles. The minimum absolute atomic E-state index is 0.0551. The van der Waals surface area contributed by atoms with Crippen LogP contribution in [0.15, 0.2) is 36.7 Å². The van der Waals surface area contributed by atoms with E-state index in [0.717, 1.165) is 0 Å². The standard InChI is InChI=1S/C18H20FN3O3/c1-2-25-16-4-3-13(11-15(16)19)17(23)21-7-9-22(10-8-21)18(24)14-5-6-20-12-14/h3-6,11-12,20H,2,7-10H2,1H3. The van der Waals surface area contributed by atoms with Crippen molar-refractivity contribution in [3.8, 4) is 5.75 Å². The van der Waals surface area contributed by atoms with E-state index < -0.39 is 5.82 Å². The molecule has 0 bridgehead atoms. The number of H-pyrrole nitrogens is 1. The number of hydrogen-bond acceptors (Lipinski definition) is 3. The van der Waals surface area contributed by atoms with Crippen molar-refractivity contribution in [3.63, 3.8) is 0 Å². The van der Waals surface area contributed by atoms with Gasteiger partial charge in [-0.15, -0.1) is 0 Å². The molecule has 6 nitrogen and oxygen atoms in total. The highest BCUT2D eigenvalue weighted by atomic mass is 19.1. The Labute approximate surface area is 145 Å². The number of aromatic nitrogens is 1. The fourth-order valence-electron chi connectivity index (χ4n) is 2.84. The number of aromatic amines is 1. The number of rotatable bonds is 4. The molecule has 3 rings (SSSR count). The first-order valence-electron chi connectivity index (χ1n) is 8.24. The van der Waals surface area contributed by atoms with Crippen molar-refractivity contribution in [1.82, 2.24) is 14.8 Å². The number of nitrogens with one attached hydrogen (secondary N) is 1. The topological polar surface area (TPSA) is 65.6 Å². The molecule has 0 spiro atoms. The summed E-state index contributed by atoms with van der Waals surface area (Å²) in [6.07, 6.45) is 3.36. The summed E-state index contributed by atoms with van der Waals surface area (Å²) in [5.41, 5.74) is 0.889. The molecule has 1 N–H and O–H groups in total. The highest BCUT2D eigenvalue weighted by molar-refractivity contribution is 5.96. The van der Waals surface area contributed by atoms with Gasteiger partial charge in [0.2, 0.25) is 0 Å². The molecule has 1 aliphatic rings. The van der Waals surface area contributed by atoms with E-state index >= 15 is 0 Å². The summed E-state index contributed by atoms with van der Waals surface area (Å²) >= 11 is 0. The first kappa shape index (κ1) is 17.0. The molecule has 0 radical (unpaired) electrons. The molecule has 1 aromatic carbocycles. The molecule has 2 amide bonds. The van der Waals surface area contributed by atoms with E-state index in [0.29, 0.717) is 38.3 Å². The van der Waals surface area contributed by atoms with Crippen LogP contribution in [-0.4, -0.2) is 59.4 Å². The zero-order valence-electron chi connectivity index (χ0n) is 14.0. The van der Waals surface area contributed by atoms with E-state index in [-0.39, 0.29) is 23.1 Å². The number of ether oxygens (including phenoxy) is 1. The van der Waals surface area contributed by atoms with Gasteiger partial charge in [-0.1, -0.05) is 0 Å². The summed E-state index contributed by atoms with van der Waals surface area (Å²) in [5.74, 6) is -0.703. The number of hydrogen-bond donors (Lipinski definition) is 1. The van der Waals surface area contributed by atoms with E-state index in [1.165, 1.54) is 12.1 Å². The zero-order chi connectivity index (χ0) is 17.8. The maximum atomic E-state index is 13.9. The fraction of sp³-hybridized carbons (Fsp3) is 0.333. The van der Waals surface area contributed by atoms with Crippen molar-refractivity contribution < 1.29 is 18.7 Å². The van der Waals surface area contributed by atoms with E-state index in [2.05, 4.69) is 4.98 Å². The number of nitrogens with zero attached hydrogens (tertiary/aromatic N) is 2. The molecule has 1 aliphatic heterocycles. The van der Waals surface area contributed by atoms with Gasteiger partial charge in [-0.25, -0.2) is 4.39 Å². The highest BCUT2D eigenvalue weighted by Crippen LogP contribution is 2.20. The third-order valence-corrected chi connectivity index (χ3v) is 4.18. The molecule has 1 fully saturated rings. The lowest BCUT2D eigenvalue weighted by Crippen LogP contribution is -2.50. The molecule has 0 aliphatic carbocycles. The van der Waals surface area contributed by atoms with Crippen LogP contribution in [0.1, 0.15) is 27.6 Å². The number of carbonyl (C=O) groups is 2. The highest BCUT2D eigenvalue weighted by Gasteiger charge is 2.26. The van der Waals surface area contributed by atoms with Gasteiger partial charge in [-0.3, -0.25) is 9.59 Å². The molecule has 7 heteroatoms. The molecule has 0 atom stereocenters. The third-order valence-electron chi connectivity index (χ3n) is 4.18. The van der Waals surface area contributed by atoms with Gasteiger partial charge >= 0.3 is 0 Å². The molecule has 25 heavy (non-hydrogen) atoms. The van der Waals surface area contributed by atoms with Crippen molar-refractivity contribution in [3.05, 3.63) is 53.6 Å². The summed E-state index contributed by atoms with van der Waals surface area (Å²) in [4.78, 5) is 31.0. The minimum Gasteiger partial charge on any atom is -0.491 e. The number of piperazine rings is 1.